The largest absolute Gasteiger partial charge is 0.367 e. The highest BCUT2D eigenvalue weighted by molar-refractivity contribution is 7.99. The van der Waals surface area contributed by atoms with Gasteiger partial charge >= 0.3 is 6.03 Å². The predicted molar refractivity (Wildman–Crippen MR) is 108 cm³/mol. The minimum absolute atomic E-state index is 0.0825. The number of thioether (sulfide) groups is 1. The Bertz CT molecular complexity index is 842. The second kappa shape index (κ2) is 7.98. The van der Waals surface area contributed by atoms with Crippen molar-refractivity contribution in [3.8, 4) is 0 Å². The van der Waals surface area contributed by atoms with Crippen LogP contribution in [0.3, 0.4) is 0 Å². The number of nitrogens with one attached hydrogen (secondary N) is 1. The highest BCUT2D eigenvalue weighted by Gasteiger charge is 2.27. The second-order valence-electron chi connectivity index (χ2n) is 6.75. The minimum Gasteiger partial charge on any atom is -0.367 e. The molecule has 2 aromatic rings. The zero-order chi connectivity index (χ0) is 18.8. The minimum atomic E-state index is -0.260. The van der Waals surface area contributed by atoms with Gasteiger partial charge in [0.25, 0.3) is 0 Å². The van der Waals surface area contributed by atoms with Crippen molar-refractivity contribution in [1.29, 1.82) is 0 Å². The van der Waals surface area contributed by atoms with Crippen LogP contribution in [0.25, 0.3) is 0 Å². The van der Waals surface area contributed by atoms with Gasteiger partial charge in [0.05, 0.1) is 16.8 Å². The average molecular weight is 406 g/mol. The number of urea groups is 1. The van der Waals surface area contributed by atoms with Gasteiger partial charge in [0, 0.05) is 36.8 Å². The summed E-state index contributed by atoms with van der Waals surface area (Å²) in [7, 11) is 0. The van der Waals surface area contributed by atoms with Crippen LogP contribution in [-0.2, 0) is 0 Å². The summed E-state index contributed by atoms with van der Waals surface area (Å²) in [5.41, 5.74) is 1.89. The molecule has 0 bridgehead atoms. The number of rotatable bonds is 2. The quantitative estimate of drug-likeness (QED) is 0.796. The number of hydrogen-bond donors (Lipinski definition) is 1. The third-order valence-electron chi connectivity index (χ3n) is 5.07. The second-order valence-corrected chi connectivity index (χ2v) is 8.29. The molecule has 0 aliphatic carbocycles. The van der Waals surface area contributed by atoms with E-state index < -0.39 is 0 Å². The van der Waals surface area contributed by atoms with E-state index in [1.54, 1.807) is 23.9 Å². The Morgan fingerprint density at radius 1 is 1.15 bits per heavy atom. The average Bonchev–Trinajstić information content (AvgIpc) is 2.69. The summed E-state index contributed by atoms with van der Waals surface area (Å²) in [6.45, 7) is 2.74. The molecule has 0 aromatic heterocycles. The predicted octanol–water partition coefficient (Wildman–Crippen LogP) is 4.55. The fourth-order valence-corrected chi connectivity index (χ4v) is 4.98. The molecule has 0 radical (unpaired) electrons. The molecule has 2 heterocycles. The Morgan fingerprint density at radius 3 is 2.70 bits per heavy atom. The Balaban J connectivity index is 1.38. The zero-order valence-corrected chi connectivity index (χ0v) is 16.4. The molecule has 4 nitrogen and oxygen atoms in total. The summed E-state index contributed by atoms with van der Waals surface area (Å²) in [6, 6.07) is 12.4. The number of amides is 2. The fraction of sp³-hybridized carbons (Fsp3) is 0.350. The lowest BCUT2D eigenvalue weighted by molar-refractivity contribution is 0.189. The van der Waals surface area contributed by atoms with Gasteiger partial charge in [-0.3, -0.25) is 0 Å². The maximum Gasteiger partial charge on any atom is 0.318 e. The monoisotopic (exact) mass is 405 g/mol. The molecule has 142 valence electrons. The molecule has 7 heteroatoms. The molecule has 1 atom stereocenters. The number of fused-ring (bicyclic) bond motifs is 1. The number of hydrogen-bond acceptors (Lipinski definition) is 3. The van der Waals surface area contributed by atoms with Gasteiger partial charge in [-0.15, -0.1) is 11.8 Å². The lowest BCUT2D eigenvalue weighted by Gasteiger charge is -2.37. The van der Waals surface area contributed by atoms with Crippen LogP contribution in [0.2, 0.25) is 5.02 Å². The van der Waals surface area contributed by atoms with E-state index in [0.717, 1.165) is 46.4 Å². The van der Waals surface area contributed by atoms with Crippen LogP contribution in [0.4, 0.5) is 14.9 Å². The van der Waals surface area contributed by atoms with E-state index in [1.165, 1.54) is 6.07 Å². The summed E-state index contributed by atoms with van der Waals surface area (Å²) in [5.74, 6) is 0.660. The first-order valence-electron chi connectivity index (χ1n) is 9.09. The molecule has 1 N–H and O–H groups in total. The first kappa shape index (κ1) is 18.4. The molecule has 1 saturated heterocycles. The van der Waals surface area contributed by atoms with Gasteiger partial charge in [-0.1, -0.05) is 23.7 Å². The summed E-state index contributed by atoms with van der Waals surface area (Å²) in [4.78, 5) is 17.8. The molecule has 0 spiro atoms. The zero-order valence-electron chi connectivity index (χ0n) is 14.8. The maximum atomic E-state index is 13.6. The van der Waals surface area contributed by atoms with Crippen LogP contribution in [-0.4, -0.2) is 42.9 Å². The third kappa shape index (κ3) is 4.01. The summed E-state index contributed by atoms with van der Waals surface area (Å²) in [5, 5.41) is 3.83. The van der Waals surface area contributed by atoms with E-state index in [2.05, 4.69) is 10.2 Å². The number of para-hydroxylation sites is 1. The maximum absolute atomic E-state index is 13.6. The van der Waals surface area contributed by atoms with E-state index in [0.29, 0.717) is 13.1 Å². The van der Waals surface area contributed by atoms with E-state index in [4.69, 9.17) is 11.6 Å². The van der Waals surface area contributed by atoms with Crippen LogP contribution in [0.5, 0.6) is 0 Å². The van der Waals surface area contributed by atoms with Gasteiger partial charge in [-0.2, -0.15) is 0 Å². The van der Waals surface area contributed by atoms with E-state index in [1.807, 2.05) is 29.2 Å². The first-order valence-corrected chi connectivity index (χ1v) is 10.5. The topological polar surface area (TPSA) is 35.6 Å². The lowest BCUT2D eigenvalue weighted by Crippen LogP contribution is -2.52. The van der Waals surface area contributed by atoms with Gasteiger partial charge in [-0.25, -0.2) is 9.18 Å². The standard InChI is InChI=1S/C20H21ClFN3OS/c21-16-3-1-2-4-18(16)24-8-10-25(11-9-24)20(26)23-17-7-12-27-19-6-5-14(22)13-15(17)19/h1-6,13,17H,7-12H2,(H,23,26). The fourth-order valence-electron chi connectivity index (χ4n) is 3.61. The molecule has 4 rings (SSSR count). The van der Waals surface area contributed by atoms with Crippen molar-refractivity contribution < 1.29 is 9.18 Å². The number of carbonyl (C=O) groups excluding carboxylic acids is 1. The number of anilines is 1. The number of piperazine rings is 1. The molecule has 0 saturated carbocycles. The molecule has 1 fully saturated rings. The molecule has 2 aliphatic rings. The SMILES string of the molecule is O=C(NC1CCSc2ccc(F)cc21)N1CCN(c2ccccc2Cl)CC1. The van der Waals surface area contributed by atoms with Crippen LogP contribution >= 0.6 is 23.4 Å². The van der Waals surface area contributed by atoms with E-state index in [9.17, 15) is 9.18 Å². The smallest absolute Gasteiger partial charge is 0.318 e. The molecule has 2 aromatic carbocycles. The van der Waals surface area contributed by atoms with Crippen molar-refractivity contribution in [2.24, 2.45) is 0 Å². The number of benzene rings is 2. The van der Waals surface area contributed by atoms with Crippen LogP contribution in [0.15, 0.2) is 47.4 Å². The molecular weight excluding hydrogens is 385 g/mol. The summed E-state index contributed by atoms with van der Waals surface area (Å²) >= 11 is 7.99. The van der Waals surface area contributed by atoms with Crippen molar-refractivity contribution in [2.45, 2.75) is 17.4 Å². The Morgan fingerprint density at radius 2 is 1.93 bits per heavy atom. The first-order chi connectivity index (χ1) is 13.1. The molecular formula is C20H21ClFN3OS. The molecule has 2 aliphatic heterocycles. The van der Waals surface area contributed by atoms with Gasteiger partial charge in [-0.05, 0) is 42.3 Å². The Kier molecular flexibility index (Phi) is 5.45. The number of nitrogens with zero attached hydrogens (tertiary/aromatic N) is 2. The van der Waals surface area contributed by atoms with Crippen molar-refractivity contribution in [1.82, 2.24) is 10.2 Å². The van der Waals surface area contributed by atoms with Crippen LogP contribution in [0, 0.1) is 5.82 Å². The Hall–Kier alpha value is -1.92. The van der Waals surface area contributed by atoms with Crippen molar-refractivity contribution >= 4 is 35.1 Å². The van der Waals surface area contributed by atoms with Crippen molar-refractivity contribution in [3.05, 3.63) is 58.9 Å². The van der Waals surface area contributed by atoms with Gasteiger partial charge in [0.15, 0.2) is 0 Å². The molecule has 27 heavy (non-hydrogen) atoms. The van der Waals surface area contributed by atoms with Gasteiger partial charge in [0.2, 0.25) is 0 Å². The van der Waals surface area contributed by atoms with E-state index in [-0.39, 0.29) is 17.9 Å². The van der Waals surface area contributed by atoms with Crippen LogP contribution < -0.4 is 10.2 Å². The molecule has 1 unspecified atom stereocenters. The van der Waals surface area contributed by atoms with E-state index >= 15 is 0 Å². The number of halogens is 2. The van der Waals surface area contributed by atoms with Crippen molar-refractivity contribution in [3.63, 3.8) is 0 Å². The highest BCUT2D eigenvalue weighted by atomic mass is 35.5. The third-order valence-corrected chi connectivity index (χ3v) is 6.51. The number of carbonyl (C=O) groups is 1. The normalized spacial score (nSPS) is 19.6. The molecule has 2 amide bonds. The summed E-state index contributed by atoms with van der Waals surface area (Å²) in [6.07, 6.45) is 0.812. The lowest BCUT2D eigenvalue weighted by atomic mass is 10.0. The Labute approximate surface area is 167 Å². The summed E-state index contributed by atoms with van der Waals surface area (Å²) < 4.78 is 13.6. The van der Waals surface area contributed by atoms with Gasteiger partial charge < -0.3 is 15.1 Å². The van der Waals surface area contributed by atoms with Gasteiger partial charge in [0.1, 0.15) is 5.82 Å². The highest BCUT2D eigenvalue weighted by Crippen LogP contribution is 2.36. The van der Waals surface area contributed by atoms with Crippen molar-refractivity contribution in [2.75, 3.05) is 36.8 Å². The van der Waals surface area contributed by atoms with Crippen LogP contribution in [0.1, 0.15) is 18.0 Å².